The molecule has 0 saturated carbocycles. The third-order valence-corrected chi connectivity index (χ3v) is 27.8. The van der Waals surface area contributed by atoms with Crippen LogP contribution in [0.4, 0.5) is 0 Å². The van der Waals surface area contributed by atoms with Gasteiger partial charge in [-0.25, -0.2) is 0 Å². The second-order valence-corrected chi connectivity index (χ2v) is 35.0. The molecule has 0 N–H and O–H groups in total. The molecular weight excluding hydrogens is 1600 g/mol. The molecule has 0 amide bonds. The lowest BCUT2D eigenvalue weighted by Crippen LogP contribution is -1.97. The summed E-state index contributed by atoms with van der Waals surface area (Å²) in [6.45, 7) is 0. The zero-order valence-electron chi connectivity index (χ0n) is 71.9. The van der Waals surface area contributed by atoms with Crippen molar-refractivity contribution in [1.29, 1.82) is 0 Å². The van der Waals surface area contributed by atoms with E-state index in [2.05, 4.69) is 513 Å². The van der Waals surface area contributed by atoms with Gasteiger partial charge in [0.2, 0.25) is 0 Å². The van der Waals surface area contributed by atoms with Crippen LogP contribution in [0.3, 0.4) is 0 Å². The van der Waals surface area contributed by atoms with Gasteiger partial charge in [0.05, 0.1) is 71.9 Å². The Morgan fingerprint density at radius 3 is 0.818 bits per heavy atom. The molecule has 0 spiro atoms. The number of aromatic nitrogens is 6. The van der Waals surface area contributed by atoms with E-state index in [1.165, 1.54) is 142 Å². The van der Waals surface area contributed by atoms with E-state index < -0.39 is 0 Å². The smallest absolute Gasteiger partial charge is 0.0549 e. The zero-order chi connectivity index (χ0) is 86.6. The van der Waals surface area contributed by atoms with Crippen LogP contribution in [-0.4, -0.2) is 27.4 Å². The van der Waals surface area contributed by atoms with Crippen molar-refractivity contribution in [3.63, 3.8) is 0 Å². The van der Waals surface area contributed by atoms with Gasteiger partial charge in [-0.15, -0.1) is 0 Å². The number of hydrogen-bond acceptors (Lipinski definition) is 0. The fourth-order valence-electron chi connectivity index (χ4n) is 22.0. The maximum atomic E-state index is 2.54. The molecule has 0 radical (unpaired) electrons. The topological polar surface area (TPSA) is 29.6 Å². The lowest BCUT2D eigenvalue weighted by Gasteiger charge is -2.15. The molecular formula is C126H80N6. The molecule has 27 rings (SSSR count). The Kier molecular flexibility index (Phi) is 17.0. The minimum absolute atomic E-state index is 1.11. The Bertz CT molecular complexity index is 9360. The van der Waals surface area contributed by atoms with Gasteiger partial charge >= 0.3 is 0 Å². The first-order valence-electron chi connectivity index (χ1n) is 45.5. The predicted octanol–water partition coefficient (Wildman–Crippen LogP) is 33.6. The summed E-state index contributed by atoms with van der Waals surface area (Å²) in [5, 5.41) is 14.7. The van der Waals surface area contributed by atoms with Crippen LogP contribution >= 0.6 is 0 Å². The number of hydrogen-bond donors (Lipinski definition) is 0. The van der Waals surface area contributed by atoms with Gasteiger partial charge in [-0.05, 0) is 235 Å². The van der Waals surface area contributed by atoms with Crippen molar-refractivity contribution in [3.05, 3.63) is 485 Å². The van der Waals surface area contributed by atoms with Crippen LogP contribution in [0.15, 0.2) is 485 Å². The zero-order valence-corrected chi connectivity index (χ0v) is 71.9. The molecule has 614 valence electrons. The Hall–Kier alpha value is -17.6. The largest absolute Gasteiger partial charge is 0.309 e. The van der Waals surface area contributed by atoms with Gasteiger partial charge in [0, 0.05) is 98.6 Å². The van der Waals surface area contributed by atoms with E-state index >= 15 is 0 Å². The molecule has 0 bridgehead atoms. The standard InChI is InChI=1S/C126H80N6/c1-5-29-81(30-6-1)89-35-26-42-96(76-89)129-110-54-22-17-49-103(110)122-115(129)69-70-116-123(122)104-50-18-23-55-111(104)130(116)97-43-27-36-90(77-97)83-57-59-84(60-58-83)92-65-67-106-120(80-92)132(119-74-73-114-121(125(106)119)102-48-16-21-53-109(102)127(114)94-38-9-3-10-39-94)108-52-20-15-47-101(108)86-63-61-82(62-64-86)87-33-25-34-88(75-87)91-66-68-113-107(79-91)126-118(128(113)95-40-11-4-12-41-95)72-71-117-124(126)105-51-19-24-56-112(105)131(117)98-44-28-37-93(78-98)100-46-14-13-45-99(100)85-31-7-2-8-32-85/h1-80H. The molecule has 0 atom stereocenters. The molecule has 0 fully saturated rings. The first-order valence-corrected chi connectivity index (χ1v) is 45.5. The summed E-state index contributed by atoms with van der Waals surface area (Å²) in [4.78, 5) is 0. The van der Waals surface area contributed by atoms with Crippen LogP contribution < -0.4 is 0 Å². The van der Waals surface area contributed by atoms with Gasteiger partial charge < -0.3 is 27.4 Å². The molecule has 0 aliphatic carbocycles. The highest BCUT2D eigenvalue weighted by Crippen LogP contribution is 2.50. The Labute approximate surface area is 761 Å². The fourth-order valence-corrected chi connectivity index (χ4v) is 22.0. The van der Waals surface area contributed by atoms with E-state index in [-0.39, 0.29) is 0 Å². The molecule has 0 aliphatic heterocycles. The van der Waals surface area contributed by atoms with Gasteiger partial charge in [0.15, 0.2) is 0 Å². The van der Waals surface area contributed by atoms with Crippen LogP contribution in [-0.2, 0) is 0 Å². The normalized spacial score (nSPS) is 11.9. The molecule has 0 unspecified atom stereocenters. The summed E-state index contributed by atoms with van der Waals surface area (Å²) >= 11 is 0. The van der Waals surface area contributed by atoms with E-state index in [0.717, 1.165) is 112 Å². The third kappa shape index (κ3) is 11.7. The minimum atomic E-state index is 1.11. The number of nitrogens with zero attached hydrogens (tertiary/aromatic N) is 6. The Morgan fingerprint density at radius 1 is 0.106 bits per heavy atom. The van der Waals surface area contributed by atoms with Crippen LogP contribution in [0, 0.1) is 0 Å². The summed E-state index contributed by atoms with van der Waals surface area (Å²) in [7, 11) is 0. The summed E-state index contributed by atoms with van der Waals surface area (Å²) in [5.74, 6) is 0. The van der Waals surface area contributed by atoms with Crippen molar-refractivity contribution in [2.45, 2.75) is 0 Å². The average molecular weight is 1680 g/mol. The summed E-state index contributed by atoms with van der Waals surface area (Å²) < 4.78 is 14.8. The van der Waals surface area contributed by atoms with Crippen molar-refractivity contribution < 1.29 is 0 Å². The number of rotatable bonds is 14. The van der Waals surface area contributed by atoms with Crippen LogP contribution in [0.5, 0.6) is 0 Å². The fraction of sp³-hybridized carbons (Fsp3) is 0. The van der Waals surface area contributed by atoms with E-state index in [1.54, 1.807) is 0 Å². The molecule has 6 heterocycles. The molecule has 27 aromatic rings. The van der Waals surface area contributed by atoms with Crippen molar-refractivity contribution >= 4 is 131 Å². The highest BCUT2D eigenvalue weighted by Gasteiger charge is 2.28. The maximum absolute atomic E-state index is 2.54. The van der Waals surface area contributed by atoms with Crippen molar-refractivity contribution in [2.75, 3.05) is 0 Å². The second-order valence-electron chi connectivity index (χ2n) is 35.0. The van der Waals surface area contributed by atoms with Crippen LogP contribution in [0.25, 0.3) is 254 Å². The number of benzene rings is 21. The van der Waals surface area contributed by atoms with Gasteiger partial charge in [0.1, 0.15) is 0 Å². The summed E-state index contributed by atoms with van der Waals surface area (Å²) in [5.41, 5.74) is 39.4. The minimum Gasteiger partial charge on any atom is -0.309 e. The highest BCUT2D eigenvalue weighted by molar-refractivity contribution is 6.32. The van der Waals surface area contributed by atoms with Crippen molar-refractivity contribution in [1.82, 2.24) is 27.4 Å². The summed E-state index contributed by atoms with van der Waals surface area (Å²) in [6.07, 6.45) is 0. The molecule has 132 heavy (non-hydrogen) atoms. The van der Waals surface area contributed by atoms with E-state index in [4.69, 9.17) is 0 Å². The highest BCUT2D eigenvalue weighted by atomic mass is 15.0. The average Bonchev–Trinajstić information content (AvgIpc) is 1.55. The van der Waals surface area contributed by atoms with E-state index in [1.807, 2.05) is 0 Å². The SMILES string of the molecule is c1ccc(-c2cccc(-n3c4ccccc4c4c5c6ccccc6n(-c6cccc(-c7ccc(-c8ccc9c%10c%11c%12ccccc%12n(-c%12ccccc%12)c%11ccc%10n(-c%10ccccc%10-c%10ccc(-c%11cccc(-c%12ccc%13c(c%12)c%12c%14c%15ccccc%15n(-c%15cccc(-c%16ccccc%16-c%16ccccc%16)c%15)c%14ccc%12n%13-c%12ccccc%12)c%11)cc%10)c9c8)cc7)c6)c5ccc43)c2)cc1. The maximum Gasteiger partial charge on any atom is 0.0549 e. The molecule has 6 nitrogen and oxygen atoms in total. The van der Waals surface area contributed by atoms with E-state index in [0.29, 0.717) is 0 Å². The Balaban J connectivity index is 0.552. The quantitative estimate of drug-likeness (QED) is 0.104. The van der Waals surface area contributed by atoms with Crippen molar-refractivity contribution in [3.8, 4) is 123 Å². The molecule has 6 heteroatoms. The van der Waals surface area contributed by atoms with Gasteiger partial charge in [-0.1, -0.05) is 334 Å². The molecule has 21 aromatic carbocycles. The van der Waals surface area contributed by atoms with Gasteiger partial charge in [-0.3, -0.25) is 0 Å². The molecule has 0 saturated heterocycles. The second kappa shape index (κ2) is 30.0. The van der Waals surface area contributed by atoms with Gasteiger partial charge in [0.25, 0.3) is 0 Å². The Morgan fingerprint density at radius 2 is 0.356 bits per heavy atom. The predicted molar refractivity (Wildman–Crippen MR) is 556 cm³/mol. The van der Waals surface area contributed by atoms with Crippen LogP contribution in [0.2, 0.25) is 0 Å². The van der Waals surface area contributed by atoms with Crippen LogP contribution in [0.1, 0.15) is 0 Å². The molecule has 0 aliphatic rings. The monoisotopic (exact) mass is 1680 g/mol. The van der Waals surface area contributed by atoms with Gasteiger partial charge in [-0.2, -0.15) is 0 Å². The number of para-hydroxylation sites is 7. The first kappa shape index (κ1) is 74.6. The van der Waals surface area contributed by atoms with E-state index in [9.17, 15) is 0 Å². The lowest BCUT2D eigenvalue weighted by atomic mass is 9.94. The first-order chi connectivity index (χ1) is 65.5. The number of fused-ring (bicyclic) bond motifs is 21. The third-order valence-electron chi connectivity index (χ3n) is 27.8. The lowest BCUT2D eigenvalue weighted by molar-refractivity contribution is 1.17. The summed E-state index contributed by atoms with van der Waals surface area (Å²) in [6, 6.07) is 180. The molecule has 6 aromatic heterocycles. The van der Waals surface area contributed by atoms with Crippen molar-refractivity contribution in [2.24, 2.45) is 0 Å².